The van der Waals surface area contributed by atoms with E-state index in [1.165, 1.54) is 12.1 Å². The zero-order valence-corrected chi connectivity index (χ0v) is 12.0. The Kier molecular flexibility index (Phi) is 4.95. The molecular weight excluding hydrogens is 297 g/mol. The number of halogens is 3. The van der Waals surface area contributed by atoms with Gasteiger partial charge < -0.3 is 15.7 Å². The average Bonchev–Trinajstić information content (AvgIpc) is 2.90. The fraction of sp³-hybridized carbons (Fsp3) is 0.533. The van der Waals surface area contributed by atoms with E-state index in [-0.39, 0.29) is 13.1 Å². The van der Waals surface area contributed by atoms with E-state index in [0.29, 0.717) is 18.4 Å². The standard InChI is InChI=1S/C15H19F3N2O2/c16-15(17,18)12-5-3-11(4-6-12)9-19-13(21)20-10-14(22)7-1-2-8-14/h3-6,22H,1-2,7-10H2,(H2,19,20,21). The molecule has 4 nitrogen and oxygen atoms in total. The highest BCUT2D eigenvalue weighted by Crippen LogP contribution is 2.29. The van der Waals surface area contributed by atoms with Crippen LogP contribution in [0, 0.1) is 0 Å². The summed E-state index contributed by atoms with van der Waals surface area (Å²) in [5.74, 6) is 0. The second kappa shape index (κ2) is 6.56. The van der Waals surface area contributed by atoms with Crippen molar-refractivity contribution in [3.8, 4) is 0 Å². The predicted molar refractivity (Wildman–Crippen MR) is 75.1 cm³/mol. The lowest BCUT2D eigenvalue weighted by Crippen LogP contribution is -2.44. The summed E-state index contributed by atoms with van der Waals surface area (Å²) in [6.07, 6.45) is -1.12. The van der Waals surface area contributed by atoms with Crippen molar-refractivity contribution < 1.29 is 23.1 Å². The van der Waals surface area contributed by atoms with E-state index < -0.39 is 23.4 Å². The molecule has 0 heterocycles. The van der Waals surface area contributed by atoms with Crippen LogP contribution in [-0.2, 0) is 12.7 Å². The highest BCUT2D eigenvalue weighted by Gasteiger charge is 2.31. The maximum atomic E-state index is 12.4. The van der Waals surface area contributed by atoms with Gasteiger partial charge in [0, 0.05) is 13.1 Å². The number of rotatable bonds is 4. The van der Waals surface area contributed by atoms with Crippen LogP contribution in [0.3, 0.4) is 0 Å². The van der Waals surface area contributed by atoms with E-state index >= 15 is 0 Å². The van der Waals surface area contributed by atoms with Gasteiger partial charge in [-0.05, 0) is 30.5 Å². The molecule has 2 rings (SSSR count). The molecule has 0 unspecified atom stereocenters. The third-order valence-corrected chi connectivity index (χ3v) is 3.85. The second-order valence-electron chi connectivity index (χ2n) is 5.66. The van der Waals surface area contributed by atoms with E-state index in [4.69, 9.17) is 0 Å². The van der Waals surface area contributed by atoms with E-state index in [0.717, 1.165) is 25.0 Å². The molecule has 0 bridgehead atoms. The first-order valence-corrected chi connectivity index (χ1v) is 7.19. The molecule has 0 radical (unpaired) electrons. The maximum absolute atomic E-state index is 12.4. The molecule has 0 aliphatic heterocycles. The number of aliphatic hydroxyl groups is 1. The smallest absolute Gasteiger partial charge is 0.388 e. The van der Waals surface area contributed by atoms with Gasteiger partial charge in [-0.2, -0.15) is 13.2 Å². The Balaban J connectivity index is 1.76. The first kappa shape index (κ1) is 16.6. The van der Waals surface area contributed by atoms with Gasteiger partial charge in [-0.25, -0.2) is 4.79 Å². The van der Waals surface area contributed by atoms with Crippen LogP contribution in [-0.4, -0.2) is 23.3 Å². The average molecular weight is 316 g/mol. The van der Waals surface area contributed by atoms with Gasteiger partial charge in [0.2, 0.25) is 0 Å². The molecule has 0 aromatic heterocycles. The van der Waals surface area contributed by atoms with Crippen LogP contribution in [0.1, 0.15) is 36.8 Å². The molecule has 1 fully saturated rings. The van der Waals surface area contributed by atoms with E-state index in [1.807, 2.05) is 0 Å². The SMILES string of the molecule is O=C(NCc1ccc(C(F)(F)F)cc1)NCC1(O)CCCC1. The molecule has 7 heteroatoms. The molecule has 122 valence electrons. The Hall–Kier alpha value is -1.76. The van der Waals surface area contributed by atoms with Crippen molar-refractivity contribution in [3.05, 3.63) is 35.4 Å². The Morgan fingerprint density at radius 3 is 2.27 bits per heavy atom. The molecule has 1 aromatic rings. The Morgan fingerprint density at radius 2 is 1.73 bits per heavy atom. The summed E-state index contributed by atoms with van der Waals surface area (Å²) in [6, 6.07) is 4.17. The number of hydrogen-bond donors (Lipinski definition) is 3. The first-order chi connectivity index (χ1) is 10.3. The fourth-order valence-corrected chi connectivity index (χ4v) is 2.51. The number of amides is 2. The summed E-state index contributed by atoms with van der Waals surface area (Å²) < 4.78 is 37.2. The Morgan fingerprint density at radius 1 is 1.14 bits per heavy atom. The molecule has 22 heavy (non-hydrogen) atoms. The van der Waals surface area contributed by atoms with Crippen molar-refractivity contribution >= 4 is 6.03 Å². The minimum Gasteiger partial charge on any atom is -0.388 e. The first-order valence-electron chi connectivity index (χ1n) is 7.19. The lowest BCUT2D eigenvalue weighted by atomic mass is 10.0. The third-order valence-electron chi connectivity index (χ3n) is 3.85. The largest absolute Gasteiger partial charge is 0.416 e. The predicted octanol–water partition coefficient (Wildman–Crippen LogP) is 2.81. The number of benzene rings is 1. The van der Waals surface area contributed by atoms with Crippen LogP contribution < -0.4 is 10.6 Å². The zero-order valence-electron chi connectivity index (χ0n) is 12.0. The Labute approximate surface area is 126 Å². The number of urea groups is 1. The monoisotopic (exact) mass is 316 g/mol. The van der Waals surface area contributed by atoms with Crippen LogP contribution in [0.4, 0.5) is 18.0 Å². The molecule has 0 atom stereocenters. The van der Waals surface area contributed by atoms with Gasteiger partial charge in [0.1, 0.15) is 0 Å². The van der Waals surface area contributed by atoms with Gasteiger partial charge in [0.05, 0.1) is 11.2 Å². The highest BCUT2D eigenvalue weighted by molar-refractivity contribution is 5.73. The minimum absolute atomic E-state index is 0.127. The lowest BCUT2D eigenvalue weighted by Gasteiger charge is -2.22. The second-order valence-corrected chi connectivity index (χ2v) is 5.66. The number of carbonyl (C=O) groups excluding carboxylic acids is 1. The molecule has 1 saturated carbocycles. The van der Waals surface area contributed by atoms with Crippen molar-refractivity contribution in [2.75, 3.05) is 6.54 Å². The summed E-state index contributed by atoms with van der Waals surface area (Å²) >= 11 is 0. The normalized spacial score (nSPS) is 17.3. The van der Waals surface area contributed by atoms with Gasteiger partial charge in [-0.15, -0.1) is 0 Å². The van der Waals surface area contributed by atoms with Crippen molar-refractivity contribution in [1.82, 2.24) is 10.6 Å². The molecule has 2 amide bonds. The van der Waals surface area contributed by atoms with E-state index in [1.54, 1.807) is 0 Å². The number of hydrogen-bond acceptors (Lipinski definition) is 2. The van der Waals surface area contributed by atoms with Crippen LogP contribution in [0.2, 0.25) is 0 Å². The van der Waals surface area contributed by atoms with Crippen LogP contribution in [0.15, 0.2) is 24.3 Å². The van der Waals surface area contributed by atoms with Crippen molar-refractivity contribution in [3.63, 3.8) is 0 Å². The van der Waals surface area contributed by atoms with Crippen LogP contribution in [0.5, 0.6) is 0 Å². The van der Waals surface area contributed by atoms with Crippen molar-refractivity contribution in [2.24, 2.45) is 0 Å². The van der Waals surface area contributed by atoms with Crippen molar-refractivity contribution in [2.45, 2.75) is 44.0 Å². The maximum Gasteiger partial charge on any atom is 0.416 e. The number of nitrogens with one attached hydrogen (secondary N) is 2. The van der Waals surface area contributed by atoms with Gasteiger partial charge in [0.25, 0.3) is 0 Å². The van der Waals surface area contributed by atoms with Crippen molar-refractivity contribution in [1.29, 1.82) is 0 Å². The van der Waals surface area contributed by atoms with Gasteiger partial charge in [-0.1, -0.05) is 25.0 Å². The van der Waals surface area contributed by atoms with Gasteiger partial charge in [0.15, 0.2) is 0 Å². The van der Waals surface area contributed by atoms with E-state index in [2.05, 4.69) is 10.6 Å². The number of carbonyl (C=O) groups is 1. The van der Waals surface area contributed by atoms with Gasteiger partial charge >= 0.3 is 12.2 Å². The zero-order chi connectivity index (χ0) is 16.2. The molecule has 3 N–H and O–H groups in total. The third kappa shape index (κ3) is 4.62. The molecule has 0 spiro atoms. The molecule has 1 aromatic carbocycles. The van der Waals surface area contributed by atoms with E-state index in [9.17, 15) is 23.1 Å². The molecule has 1 aliphatic carbocycles. The van der Waals surface area contributed by atoms with Gasteiger partial charge in [-0.3, -0.25) is 0 Å². The lowest BCUT2D eigenvalue weighted by molar-refractivity contribution is -0.137. The minimum atomic E-state index is -4.36. The molecular formula is C15H19F3N2O2. The summed E-state index contributed by atoms with van der Waals surface area (Å²) in [6.45, 7) is 0.314. The van der Waals surface area contributed by atoms with Crippen LogP contribution >= 0.6 is 0 Å². The Bertz CT molecular complexity index is 509. The summed E-state index contributed by atoms with van der Waals surface area (Å²) in [5.41, 5.74) is -0.974. The highest BCUT2D eigenvalue weighted by atomic mass is 19.4. The van der Waals surface area contributed by atoms with Crippen LogP contribution in [0.25, 0.3) is 0 Å². The summed E-state index contributed by atoms with van der Waals surface area (Å²) in [5, 5.41) is 15.2. The topological polar surface area (TPSA) is 61.4 Å². The summed E-state index contributed by atoms with van der Waals surface area (Å²) in [4.78, 5) is 11.6. The fourth-order valence-electron chi connectivity index (χ4n) is 2.51. The summed E-state index contributed by atoms with van der Waals surface area (Å²) in [7, 11) is 0. The molecule has 0 saturated heterocycles. The molecule has 1 aliphatic rings. The number of alkyl halides is 3. The quantitative estimate of drug-likeness (QED) is 0.800.